The van der Waals surface area contributed by atoms with Gasteiger partial charge in [0.15, 0.2) is 5.82 Å². The molecule has 2 heterocycles. The maximum absolute atomic E-state index is 11.9. The molecule has 6 heteroatoms. The lowest BCUT2D eigenvalue weighted by atomic mass is 9.97. The molecule has 6 nitrogen and oxygen atoms in total. The molecule has 1 aromatic carbocycles. The Morgan fingerprint density at radius 3 is 2.96 bits per heavy atom. The van der Waals surface area contributed by atoms with Crippen molar-refractivity contribution in [1.29, 1.82) is 0 Å². The Balaban J connectivity index is 1.44. The van der Waals surface area contributed by atoms with Crippen molar-refractivity contribution in [3.63, 3.8) is 0 Å². The molecule has 0 radical (unpaired) electrons. The van der Waals surface area contributed by atoms with Gasteiger partial charge >= 0.3 is 0 Å². The average Bonchev–Trinajstić information content (AvgIpc) is 3.07. The Labute approximate surface area is 135 Å². The lowest BCUT2D eigenvalue weighted by Crippen LogP contribution is -2.23. The number of nitrogens with zero attached hydrogens (tertiary/aromatic N) is 2. The lowest BCUT2D eigenvalue weighted by molar-refractivity contribution is 0.0511. The van der Waals surface area contributed by atoms with Gasteiger partial charge in [-0.2, -0.15) is 4.98 Å². The predicted molar refractivity (Wildman–Crippen MR) is 83.8 cm³/mol. The van der Waals surface area contributed by atoms with E-state index in [1.54, 1.807) is 12.1 Å². The van der Waals surface area contributed by atoms with Gasteiger partial charge in [-0.1, -0.05) is 23.4 Å². The second-order valence-corrected chi connectivity index (χ2v) is 5.77. The van der Waals surface area contributed by atoms with Crippen LogP contribution in [0.25, 0.3) is 0 Å². The summed E-state index contributed by atoms with van der Waals surface area (Å²) in [5, 5.41) is 6.70. The zero-order chi connectivity index (χ0) is 15.9. The number of nitrogens with one attached hydrogen (secondary N) is 1. The largest absolute Gasteiger partial charge is 0.381 e. The normalized spacial score (nSPS) is 17.8. The Hall–Kier alpha value is -2.21. The maximum atomic E-state index is 11.9. The van der Waals surface area contributed by atoms with E-state index in [-0.39, 0.29) is 12.5 Å². The van der Waals surface area contributed by atoms with Crippen molar-refractivity contribution in [3.8, 4) is 0 Å². The van der Waals surface area contributed by atoms with E-state index in [4.69, 9.17) is 9.26 Å². The Bertz CT molecular complexity index is 621. The topological polar surface area (TPSA) is 77.2 Å². The number of hydrogen-bond acceptors (Lipinski definition) is 5. The van der Waals surface area contributed by atoms with Gasteiger partial charge in [-0.05, 0) is 37.3 Å². The predicted octanol–water partition coefficient (Wildman–Crippen LogP) is 2.36. The molecule has 0 spiro atoms. The molecular formula is C17H21N3O3. The fourth-order valence-corrected chi connectivity index (χ4v) is 2.68. The Morgan fingerprint density at radius 2 is 2.17 bits per heavy atom. The van der Waals surface area contributed by atoms with Gasteiger partial charge in [-0.25, -0.2) is 0 Å². The molecule has 3 rings (SSSR count). The van der Waals surface area contributed by atoms with Crippen molar-refractivity contribution in [3.05, 3.63) is 47.6 Å². The highest BCUT2D eigenvalue weighted by atomic mass is 16.5. The summed E-state index contributed by atoms with van der Waals surface area (Å²) in [5.41, 5.74) is 0.619. The first kappa shape index (κ1) is 15.7. The van der Waals surface area contributed by atoms with E-state index in [1.165, 1.54) is 6.42 Å². The highest BCUT2D eigenvalue weighted by Crippen LogP contribution is 2.19. The summed E-state index contributed by atoms with van der Waals surface area (Å²) < 4.78 is 10.7. The molecule has 0 saturated carbocycles. The Kier molecular flexibility index (Phi) is 5.37. The molecule has 0 aliphatic carbocycles. The second-order valence-electron chi connectivity index (χ2n) is 5.77. The Morgan fingerprint density at radius 1 is 1.30 bits per heavy atom. The molecule has 1 aromatic heterocycles. The molecule has 1 amide bonds. The summed E-state index contributed by atoms with van der Waals surface area (Å²) >= 11 is 0. The fourth-order valence-electron chi connectivity index (χ4n) is 2.68. The molecule has 1 fully saturated rings. The molecule has 1 N–H and O–H groups in total. The standard InChI is InChI=1S/C17H21N3O3/c21-17(14-6-2-1-3-7-14)18-11-15-19-16(23-20-15)9-8-13-5-4-10-22-12-13/h1-3,6-7,13H,4-5,8-12H2,(H,18,21)/t13-/m1/s1. The van der Waals surface area contributed by atoms with Crippen LogP contribution in [0.4, 0.5) is 0 Å². The van der Waals surface area contributed by atoms with E-state index >= 15 is 0 Å². The third-order valence-corrected chi connectivity index (χ3v) is 3.97. The summed E-state index contributed by atoms with van der Waals surface area (Å²) in [5.74, 6) is 1.57. The number of aromatic nitrogens is 2. The van der Waals surface area contributed by atoms with Crippen LogP contribution in [0.15, 0.2) is 34.9 Å². The van der Waals surface area contributed by atoms with Crippen molar-refractivity contribution < 1.29 is 14.1 Å². The van der Waals surface area contributed by atoms with Crippen LogP contribution in [0.1, 0.15) is 41.3 Å². The van der Waals surface area contributed by atoms with Crippen LogP contribution in [0.5, 0.6) is 0 Å². The van der Waals surface area contributed by atoms with E-state index in [0.29, 0.717) is 23.2 Å². The zero-order valence-corrected chi connectivity index (χ0v) is 13.0. The number of carbonyl (C=O) groups is 1. The average molecular weight is 315 g/mol. The summed E-state index contributed by atoms with van der Waals surface area (Å²) in [6.45, 7) is 1.97. The molecule has 2 aromatic rings. The third-order valence-electron chi connectivity index (χ3n) is 3.97. The number of rotatable bonds is 6. The maximum Gasteiger partial charge on any atom is 0.251 e. The van der Waals surface area contributed by atoms with Crippen LogP contribution in [-0.4, -0.2) is 29.3 Å². The molecule has 1 aliphatic rings. The number of carbonyl (C=O) groups excluding carboxylic acids is 1. The quantitative estimate of drug-likeness (QED) is 0.885. The van der Waals surface area contributed by atoms with E-state index in [9.17, 15) is 4.79 Å². The summed E-state index contributed by atoms with van der Waals surface area (Å²) in [6, 6.07) is 9.07. The van der Waals surface area contributed by atoms with Crippen LogP contribution >= 0.6 is 0 Å². The third kappa shape index (κ3) is 4.63. The second kappa shape index (κ2) is 7.87. The number of amides is 1. The van der Waals surface area contributed by atoms with E-state index < -0.39 is 0 Å². The van der Waals surface area contributed by atoms with Crippen molar-refractivity contribution in [1.82, 2.24) is 15.5 Å². The highest BCUT2D eigenvalue weighted by molar-refractivity contribution is 5.93. The van der Waals surface area contributed by atoms with Crippen molar-refractivity contribution in [2.24, 2.45) is 5.92 Å². The van der Waals surface area contributed by atoms with Gasteiger partial charge in [0.2, 0.25) is 5.89 Å². The minimum Gasteiger partial charge on any atom is -0.381 e. The molecule has 1 aliphatic heterocycles. The zero-order valence-electron chi connectivity index (χ0n) is 13.0. The van der Waals surface area contributed by atoms with Crippen LogP contribution in [0, 0.1) is 5.92 Å². The monoisotopic (exact) mass is 315 g/mol. The SMILES string of the molecule is O=C(NCc1noc(CC[C@H]2CCCOC2)n1)c1ccccc1. The number of hydrogen-bond donors (Lipinski definition) is 1. The molecule has 122 valence electrons. The molecule has 1 saturated heterocycles. The van der Waals surface area contributed by atoms with E-state index in [2.05, 4.69) is 15.5 Å². The highest BCUT2D eigenvalue weighted by Gasteiger charge is 2.16. The van der Waals surface area contributed by atoms with E-state index in [1.807, 2.05) is 18.2 Å². The summed E-state index contributed by atoms with van der Waals surface area (Å²) in [4.78, 5) is 16.3. The molecular weight excluding hydrogens is 294 g/mol. The summed E-state index contributed by atoms with van der Waals surface area (Å²) in [6.07, 6.45) is 4.09. The first-order chi connectivity index (χ1) is 11.3. The van der Waals surface area contributed by atoms with Crippen LogP contribution in [0.3, 0.4) is 0 Å². The first-order valence-corrected chi connectivity index (χ1v) is 8.04. The molecule has 23 heavy (non-hydrogen) atoms. The van der Waals surface area contributed by atoms with Crippen LogP contribution < -0.4 is 5.32 Å². The van der Waals surface area contributed by atoms with Gasteiger partial charge in [-0.15, -0.1) is 0 Å². The van der Waals surface area contributed by atoms with E-state index in [0.717, 1.165) is 32.5 Å². The van der Waals surface area contributed by atoms with Gasteiger partial charge in [-0.3, -0.25) is 4.79 Å². The lowest BCUT2D eigenvalue weighted by Gasteiger charge is -2.20. The fraction of sp³-hybridized carbons (Fsp3) is 0.471. The van der Waals surface area contributed by atoms with Crippen molar-refractivity contribution in [2.75, 3.05) is 13.2 Å². The summed E-state index contributed by atoms with van der Waals surface area (Å²) in [7, 11) is 0. The van der Waals surface area contributed by atoms with Gasteiger partial charge < -0.3 is 14.6 Å². The minimum absolute atomic E-state index is 0.142. The van der Waals surface area contributed by atoms with Gasteiger partial charge in [0, 0.05) is 25.2 Å². The number of aryl methyl sites for hydroxylation is 1. The smallest absolute Gasteiger partial charge is 0.251 e. The molecule has 0 bridgehead atoms. The number of ether oxygens (including phenoxy) is 1. The van der Waals surface area contributed by atoms with Gasteiger partial charge in [0.05, 0.1) is 6.54 Å². The molecule has 0 unspecified atom stereocenters. The van der Waals surface area contributed by atoms with Crippen molar-refractivity contribution >= 4 is 5.91 Å². The first-order valence-electron chi connectivity index (χ1n) is 8.04. The van der Waals surface area contributed by atoms with Crippen LogP contribution in [-0.2, 0) is 17.7 Å². The number of benzene rings is 1. The van der Waals surface area contributed by atoms with Crippen molar-refractivity contribution in [2.45, 2.75) is 32.2 Å². The van der Waals surface area contributed by atoms with Gasteiger partial charge in [0.25, 0.3) is 5.91 Å². The molecule has 1 atom stereocenters. The minimum atomic E-state index is -0.142. The van der Waals surface area contributed by atoms with Crippen LogP contribution in [0.2, 0.25) is 0 Å². The van der Waals surface area contributed by atoms with Gasteiger partial charge in [0.1, 0.15) is 0 Å².